The van der Waals surface area contributed by atoms with Gasteiger partial charge in [0.25, 0.3) is 5.91 Å². The van der Waals surface area contributed by atoms with Gasteiger partial charge < -0.3 is 10.6 Å². The lowest BCUT2D eigenvalue weighted by molar-refractivity contribution is 0.0923. The van der Waals surface area contributed by atoms with Crippen molar-refractivity contribution < 1.29 is 4.79 Å². The Morgan fingerprint density at radius 3 is 2.93 bits per heavy atom. The first-order valence-electron chi connectivity index (χ1n) is 4.38. The molecule has 14 heavy (non-hydrogen) atoms. The molecule has 5 heteroatoms. The van der Waals surface area contributed by atoms with Crippen molar-refractivity contribution in [3.63, 3.8) is 0 Å². The molecular formula is C9H10ClN3O. The van der Waals surface area contributed by atoms with Crippen molar-refractivity contribution in [2.45, 2.75) is 6.04 Å². The number of carbonyl (C=O) groups is 1. The first-order valence-corrected chi connectivity index (χ1v) is 4.75. The Morgan fingerprint density at radius 2 is 2.36 bits per heavy atom. The van der Waals surface area contributed by atoms with Gasteiger partial charge in [0.15, 0.2) is 0 Å². The SMILES string of the molecule is O=C(NC1CNC1)c1cncc(Cl)c1. The van der Waals surface area contributed by atoms with Crippen LogP contribution >= 0.6 is 11.6 Å². The summed E-state index contributed by atoms with van der Waals surface area (Å²) in [5.74, 6) is -0.119. The maximum Gasteiger partial charge on any atom is 0.253 e. The molecule has 0 aromatic carbocycles. The monoisotopic (exact) mass is 211 g/mol. The van der Waals surface area contributed by atoms with Crippen molar-refractivity contribution in [2.75, 3.05) is 13.1 Å². The van der Waals surface area contributed by atoms with Crippen LogP contribution in [0.25, 0.3) is 0 Å². The van der Waals surface area contributed by atoms with Crippen LogP contribution < -0.4 is 10.6 Å². The lowest BCUT2D eigenvalue weighted by atomic mass is 10.1. The number of aromatic nitrogens is 1. The van der Waals surface area contributed by atoms with Gasteiger partial charge >= 0.3 is 0 Å². The normalized spacial score (nSPS) is 16.1. The number of nitrogens with zero attached hydrogens (tertiary/aromatic N) is 1. The van der Waals surface area contributed by atoms with Crippen molar-refractivity contribution >= 4 is 17.5 Å². The lowest BCUT2D eigenvalue weighted by Crippen LogP contribution is -2.56. The highest BCUT2D eigenvalue weighted by molar-refractivity contribution is 6.30. The zero-order valence-corrected chi connectivity index (χ0v) is 8.21. The van der Waals surface area contributed by atoms with Gasteiger partial charge in [-0.15, -0.1) is 0 Å². The van der Waals surface area contributed by atoms with E-state index in [2.05, 4.69) is 15.6 Å². The summed E-state index contributed by atoms with van der Waals surface area (Å²) in [7, 11) is 0. The minimum absolute atomic E-state index is 0.119. The molecule has 1 aromatic rings. The third-order valence-corrected chi connectivity index (χ3v) is 2.29. The average Bonchev–Trinajstić information content (AvgIpc) is 2.11. The minimum Gasteiger partial charge on any atom is -0.347 e. The van der Waals surface area contributed by atoms with E-state index in [9.17, 15) is 4.79 Å². The summed E-state index contributed by atoms with van der Waals surface area (Å²) in [5.41, 5.74) is 0.504. The van der Waals surface area contributed by atoms with E-state index in [4.69, 9.17) is 11.6 Å². The highest BCUT2D eigenvalue weighted by atomic mass is 35.5. The molecule has 2 N–H and O–H groups in total. The molecule has 1 saturated heterocycles. The van der Waals surface area contributed by atoms with Crippen LogP contribution in [0.4, 0.5) is 0 Å². The topological polar surface area (TPSA) is 54.0 Å². The van der Waals surface area contributed by atoms with Crippen LogP contribution in [0.15, 0.2) is 18.5 Å². The fraction of sp³-hybridized carbons (Fsp3) is 0.333. The van der Waals surface area contributed by atoms with Gasteiger partial charge in [-0.2, -0.15) is 0 Å². The predicted molar refractivity (Wildman–Crippen MR) is 53.4 cm³/mol. The zero-order chi connectivity index (χ0) is 9.97. The molecule has 0 bridgehead atoms. The quantitative estimate of drug-likeness (QED) is 0.747. The van der Waals surface area contributed by atoms with Crippen molar-refractivity contribution in [3.8, 4) is 0 Å². The standard InChI is InChI=1S/C9H10ClN3O/c10-7-1-6(2-11-3-7)9(14)13-8-4-12-5-8/h1-3,8,12H,4-5H2,(H,13,14). The second-order valence-electron chi connectivity index (χ2n) is 3.22. The van der Waals surface area contributed by atoms with Gasteiger partial charge in [0.05, 0.1) is 16.6 Å². The number of carbonyl (C=O) groups excluding carboxylic acids is 1. The molecule has 0 atom stereocenters. The molecule has 1 aliphatic rings. The number of pyridine rings is 1. The van der Waals surface area contributed by atoms with Crippen LogP contribution in [0.1, 0.15) is 10.4 Å². The second kappa shape index (κ2) is 3.94. The van der Waals surface area contributed by atoms with Gasteiger partial charge in [0.1, 0.15) is 0 Å². The van der Waals surface area contributed by atoms with Gasteiger partial charge in [-0.1, -0.05) is 11.6 Å². The molecule has 1 aliphatic heterocycles. The molecule has 0 saturated carbocycles. The molecule has 0 unspecified atom stereocenters. The number of amides is 1. The molecular weight excluding hydrogens is 202 g/mol. The fourth-order valence-corrected chi connectivity index (χ4v) is 1.37. The van der Waals surface area contributed by atoms with Crippen LogP contribution in [0.3, 0.4) is 0 Å². The van der Waals surface area contributed by atoms with Gasteiger partial charge in [-0.05, 0) is 6.07 Å². The van der Waals surface area contributed by atoms with E-state index in [-0.39, 0.29) is 11.9 Å². The van der Waals surface area contributed by atoms with Crippen LogP contribution in [-0.2, 0) is 0 Å². The minimum atomic E-state index is -0.119. The van der Waals surface area contributed by atoms with Gasteiger partial charge in [0, 0.05) is 25.5 Å². The molecule has 74 valence electrons. The number of rotatable bonds is 2. The van der Waals surface area contributed by atoms with Crippen molar-refractivity contribution in [2.24, 2.45) is 0 Å². The first-order chi connectivity index (χ1) is 6.75. The number of hydrogen-bond donors (Lipinski definition) is 2. The number of halogens is 1. The summed E-state index contributed by atoms with van der Waals surface area (Å²) in [6.45, 7) is 1.67. The Hall–Kier alpha value is -1.13. The lowest BCUT2D eigenvalue weighted by Gasteiger charge is -2.27. The van der Waals surface area contributed by atoms with Crippen molar-refractivity contribution in [1.29, 1.82) is 0 Å². The van der Waals surface area contributed by atoms with Crippen molar-refractivity contribution in [1.82, 2.24) is 15.6 Å². The highest BCUT2D eigenvalue weighted by Gasteiger charge is 2.19. The zero-order valence-electron chi connectivity index (χ0n) is 7.46. The Bertz CT molecular complexity index is 352. The van der Waals surface area contributed by atoms with Crippen LogP contribution in [-0.4, -0.2) is 30.0 Å². The van der Waals surface area contributed by atoms with Crippen LogP contribution in [0.2, 0.25) is 5.02 Å². The van der Waals surface area contributed by atoms with E-state index >= 15 is 0 Å². The molecule has 1 aromatic heterocycles. The fourth-order valence-electron chi connectivity index (χ4n) is 1.20. The van der Waals surface area contributed by atoms with Gasteiger partial charge in [0.2, 0.25) is 0 Å². The van der Waals surface area contributed by atoms with Gasteiger partial charge in [-0.25, -0.2) is 0 Å². The highest BCUT2D eigenvalue weighted by Crippen LogP contribution is 2.08. The first kappa shape index (κ1) is 9.43. The average molecular weight is 212 g/mol. The summed E-state index contributed by atoms with van der Waals surface area (Å²) in [4.78, 5) is 15.4. The Morgan fingerprint density at radius 1 is 1.57 bits per heavy atom. The molecule has 1 fully saturated rings. The third-order valence-electron chi connectivity index (χ3n) is 2.08. The van der Waals surface area contributed by atoms with E-state index < -0.39 is 0 Å². The predicted octanol–water partition coefficient (Wildman–Crippen LogP) is 0.437. The number of nitrogens with one attached hydrogen (secondary N) is 2. The summed E-state index contributed by atoms with van der Waals surface area (Å²) < 4.78 is 0. The second-order valence-corrected chi connectivity index (χ2v) is 3.66. The Balaban J connectivity index is 2.02. The molecule has 2 heterocycles. The summed E-state index contributed by atoms with van der Waals surface area (Å²) in [6, 6.07) is 1.84. The largest absolute Gasteiger partial charge is 0.347 e. The maximum atomic E-state index is 11.6. The van der Waals surface area contributed by atoms with Crippen LogP contribution in [0.5, 0.6) is 0 Å². The summed E-state index contributed by atoms with van der Waals surface area (Å²) >= 11 is 5.72. The van der Waals surface area contributed by atoms with E-state index in [1.54, 1.807) is 6.07 Å². The van der Waals surface area contributed by atoms with Gasteiger partial charge in [-0.3, -0.25) is 9.78 Å². The molecule has 0 spiro atoms. The summed E-state index contributed by atoms with van der Waals surface area (Å²) in [5, 5.41) is 6.41. The Kier molecular flexibility index (Phi) is 2.65. The van der Waals surface area contributed by atoms with Crippen LogP contribution in [0, 0.1) is 0 Å². The smallest absolute Gasteiger partial charge is 0.253 e. The molecule has 4 nitrogen and oxygen atoms in total. The third kappa shape index (κ3) is 2.02. The molecule has 1 amide bonds. The molecule has 2 rings (SSSR count). The molecule has 0 radical (unpaired) electrons. The maximum absolute atomic E-state index is 11.6. The van der Waals surface area contributed by atoms with Crippen molar-refractivity contribution in [3.05, 3.63) is 29.0 Å². The Labute approximate surface area is 86.7 Å². The van der Waals surface area contributed by atoms with E-state index in [1.165, 1.54) is 12.4 Å². The number of hydrogen-bond acceptors (Lipinski definition) is 3. The van der Waals surface area contributed by atoms with E-state index in [1.807, 2.05) is 0 Å². The summed E-state index contributed by atoms with van der Waals surface area (Å²) in [6.07, 6.45) is 3.01. The van der Waals surface area contributed by atoms with E-state index in [0.717, 1.165) is 13.1 Å². The molecule has 0 aliphatic carbocycles. The van der Waals surface area contributed by atoms with E-state index in [0.29, 0.717) is 10.6 Å².